The van der Waals surface area contributed by atoms with Crippen LogP contribution in [-0.4, -0.2) is 135 Å². The molecule has 2 aliphatic heterocycles. The van der Waals surface area contributed by atoms with E-state index in [0.717, 1.165) is 9.80 Å². The summed E-state index contributed by atoms with van der Waals surface area (Å²) in [5.41, 5.74) is 5.90. The van der Waals surface area contributed by atoms with E-state index in [-0.39, 0.29) is 50.2 Å². The van der Waals surface area contributed by atoms with Gasteiger partial charge < -0.3 is 57.1 Å². The van der Waals surface area contributed by atoms with Crippen molar-refractivity contribution in [2.45, 2.75) is 168 Å². The molecule has 8 amide bonds. The Kier molecular flexibility index (Phi) is 20.4. The molecule has 2 fully saturated rings. The SMILES string of the molecule is CC[C@H](C)[C@@H]1NC(=O)C(Cc2ccc(O)cc2)N(C)C(=O)[C@H]([C@@H](C)CC)N2C(=O)[C@H](CC[C@H]2O)NC(=O)[C@H](CC(C)C)NC(=O)C(NC(=O)[C@H](CCC(N)=O)NC(=O)C(C)C)[C@@H](C)OC1=O. The molecule has 20 nitrogen and oxygen atoms in total. The normalized spacial score (nSPS) is 26.4. The lowest BCUT2D eigenvalue weighted by Gasteiger charge is -2.44. The minimum atomic E-state index is -1.74. The zero-order valence-electron chi connectivity index (χ0n) is 39.9. The van der Waals surface area contributed by atoms with Crippen LogP contribution in [-0.2, 0) is 54.3 Å². The van der Waals surface area contributed by atoms with Crippen LogP contribution in [0.15, 0.2) is 24.3 Å². The standard InChI is InChI=1S/C46H72N8O12/c1-11-25(7)36-46(65)66-27(9)37(52-40(59)30(17-19-34(47)56)48-39(58)24(5)6)43(62)50-32(21-23(3)4)41(60)49-31-18-20-35(57)54(44(31)63)38(26(8)12-2)45(64)53(10)33(42(61)51-36)22-28-13-15-29(55)16-14-28/h13-16,23-27,30-33,35-38,55,57H,11-12,17-22H2,1-10H3,(H2,47,56)(H,48,58)(H,49,60)(H,50,62)(H,51,61)(H,52,59)/t25-,26-,27+,30-,31-,32-,33?,35+,36-,37?,38-/m0/s1. The number of hydrogen-bond donors (Lipinski definition) is 8. The molecule has 368 valence electrons. The second-order valence-corrected chi connectivity index (χ2v) is 18.4. The van der Waals surface area contributed by atoms with E-state index in [2.05, 4.69) is 26.6 Å². The van der Waals surface area contributed by atoms with Gasteiger partial charge in [-0.15, -0.1) is 0 Å². The maximum Gasteiger partial charge on any atom is 0.329 e. The van der Waals surface area contributed by atoms with Gasteiger partial charge in [-0.2, -0.15) is 0 Å². The second kappa shape index (κ2) is 24.7. The summed E-state index contributed by atoms with van der Waals surface area (Å²) >= 11 is 0. The number of esters is 1. The molecule has 2 heterocycles. The average Bonchev–Trinajstić information content (AvgIpc) is 3.25. The van der Waals surface area contributed by atoms with Gasteiger partial charge in [-0.1, -0.05) is 80.4 Å². The number of phenols is 1. The number of aromatic hydroxyl groups is 1. The molecule has 2 bridgehead atoms. The number of nitrogens with one attached hydrogen (secondary N) is 5. The van der Waals surface area contributed by atoms with Crippen molar-refractivity contribution >= 4 is 53.2 Å². The first-order chi connectivity index (χ1) is 30.9. The highest BCUT2D eigenvalue weighted by Crippen LogP contribution is 2.28. The van der Waals surface area contributed by atoms with E-state index >= 15 is 0 Å². The van der Waals surface area contributed by atoms with Crippen molar-refractivity contribution in [2.24, 2.45) is 29.4 Å². The van der Waals surface area contributed by atoms with Gasteiger partial charge in [0.1, 0.15) is 60.4 Å². The van der Waals surface area contributed by atoms with Crippen LogP contribution < -0.4 is 32.3 Å². The zero-order chi connectivity index (χ0) is 49.7. The molecule has 0 spiro atoms. The largest absolute Gasteiger partial charge is 0.508 e. The Bertz CT molecular complexity index is 1910. The quantitative estimate of drug-likeness (QED) is 0.112. The predicted octanol–water partition coefficient (Wildman–Crippen LogP) is 0.500. The maximum absolute atomic E-state index is 14.9. The summed E-state index contributed by atoms with van der Waals surface area (Å²) in [5.74, 6) is -9.27. The summed E-state index contributed by atoms with van der Waals surface area (Å²) in [6.45, 7) is 15.0. The predicted molar refractivity (Wildman–Crippen MR) is 241 cm³/mol. The molecule has 11 atom stereocenters. The van der Waals surface area contributed by atoms with Crippen LogP contribution in [0.2, 0.25) is 0 Å². The number of rotatable bonds is 15. The van der Waals surface area contributed by atoms with E-state index < -0.39 is 126 Å². The Hall–Kier alpha value is -5.79. The van der Waals surface area contributed by atoms with Crippen LogP contribution in [0.4, 0.5) is 0 Å². The van der Waals surface area contributed by atoms with Crippen LogP contribution in [0.25, 0.3) is 0 Å². The summed E-state index contributed by atoms with van der Waals surface area (Å²) in [6.07, 6.45) is -2.95. The van der Waals surface area contributed by atoms with Crippen molar-refractivity contribution in [3.05, 3.63) is 29.8 Å². The number of ether oxygens (including phenoxy) is 1. The third-order valence-electron chi connectivity index (χ3n) is 12.4. The van der Waals surface area contributed by atoms with E-state index in [1.807, 2.05) is 0 Å². The third kappa shape index (κ3) is 14.6. The van der Waals surface area contributed by atoms with Crippen molar-refractivity contribution in [1.29, 1.82) is 0 Å². The summed E-state index contributed by atoms with van der Waals surface area (Å²) < 4.78 is 5.91. The second-order valence-electron chi connectivity index (χ2n) is 18.4. The first-order valence-electron chi connectivity index (χ1n) is 23.0. The fourth-order valence-corrected chi connectivity index (χ4v) is 7.87. The fourth-order valence-electron chi connectivity index (χ4n) is 7.87. The average molecular weight is 929 g/mol. The molecular weight excluding hydrogens is 857 g/mol. The number of piperidine rings is 1. The van der Waals surface area contributed by atoms with E-state index in [1.165, 1.54) is 26.1 Å². The Morgan fingerprint density at radius 2 is 1.47 bits per heavy atom. The number of amides is 8. The van der Waals surface area contributed by atoms with Crippen LogP contribution in [0.1, 0.15) is 113 Å². The first kappa shape index (κ1) is 54.5. The highest BCUT2D eigenvalue weighted by atomic mass is 16.5. The number of carbonyl (C=O) groups excluding carboxylic acids is 9. The molecule has 1 aromatic carbocycles. The number of primary amides is 1. The lowest BCUT2D eigenvalue weighted by atomic mass is 9.91. The Morgan fingerprint density at radius 1 is 0.848 bits per heavy atom. The molecule has 2 aliphatic rings. The van der Waals surface area contributed by atoms with Gasteiger partial charge in [0.15, 0.2) is 0 Å². The number of cyclic esters (lactones) is 1. The van der Waals surface area contributed by atoms with Gasteiger partial charge in [-0.3, -0.25) is 38.4 Å². The molecule has 66 heavy (non-hydrogen) atoms. The number of likely N-dealkylation sites (N-methyl/N-ethyl adjacent to an activating group) is 1. The minimum Gasteiger partial charge on any atom is -0.508 e. The highest BCUT2D eigenvalue weighted by molar-refractivity contribution is 5.98. The summed E-state index contributed by atoms with van der Waals surface area (Å²) in [4.78, 5) is 128. The van der Waals surface area contributed by atoms with E-state index in [4.69, 9.17) is 10.5 Å². The molecule has 0 aliphatic carbocycles. The van der Waals surface area contributed by atoms with Crippen molar-refractivity contribution in [3.8, 4) is 5.75 Å². The van der Waals surface area contributed by atoms with Crippen LogP contribution in [0, 0.1) is 23.7 Å². The van der Waals surface area contributed by atoms with Gasteiger partial charge in [-0.05, 0) is 68.1 Å². The van der Waals surface area contributed by atoms with Crippen molar-refractivity contribution in [2.75, 3.05) is 7.05 Å². The minimum absolute atomic E-state index is 0.0226. The maximum atomic E-state index is 14.9. The Morgan fingerprint density at radius 3 is 2.03 bits per heavy atom. The number of aliphatic hydroxyl groups is 1. The molecule has 0 radical (unpaired) electrons. The molecule has 3 rings (SSSR count). The molecule has 20 heteroatoms. The number of benzene rings is 1. The van der Waals surface area contributed by atoms with Crippen LogP contribution >= 0.6 is 0 Å². The van der Waals surface area contributed by atoms with Crippen LogP contribution in [0.3, 0.4) is 0 Å². The topological polar surface area (TPSA) is 296 Å². The number of phenolic OH excluding ortho intramolecular Hbond substituents is 1. The van der Waals surface area contributed by atoms with Gasteiger partial charge >= 0.3 is 5.97 Å². The van der Waals surface area contributed by atoms with Gasteiger partial charge in [0.25, 0.3) is 0 Å². The highest BCUT2D eigenvalue weighted by Gasteiger charge is 2.47. The van der Waals surface area contributed by atoms with Crippen molar-refractivity contribution < 1.29 is 58.1 Å². The first-order valence-corrected chi connectivity index (χ1v) is 23.0. The third-order valence-corrected chi connectivity index (χ3v) is 12.4. The lowest BCUT2D eigenvalue weighted by Crippen LogP contribution is -2.66. The monoisotopic (exact) mass is 929 g/mol. The summed E-state index contributed by atoms with van der Waals surface area (Å²) in [7, 11) is 1.38. The summed E-state index contributed by atoms with van der Waals surface area (Å²) in [5, 5.41) is 34.7. The number of carbonyl (C=O) groups is 9. The molecule has 2 saturated heterocycles. The number of aliphatic hydroxyl groups excluding tert-OH is 1. The summed E-state index contributed by atoms with van der Waals surface area (Å²) in [6, 6.07) is -3.79. The zero-order valence-corrected chi connectivity index (χ0v) is 39.9. The molecule has 9 N–H and O–H groups in total. The van der Waals surface area contributed by atoms with Gasteiger partial charge in [0.2, 0.25) is 47.3 Å². The van der Waals surface area contributed by atoms with Gasteiger partial charge in [-0.25, -0.2) is 4.79 Å². The molecular formula is C46H72N8O12. The van der Waals surface area contributed by atoms with Gasteiger partial charge in [0, 0.05) is 25.8 Å². The number of fused-ring (bicyclic) bond motifs is 2. The van der Waals surface area contributed by atoms with E-state index in [1.54, 1.807) is 67.5 Å². The van der Waals surface area contributed by atoms with Gasteiger partial charge in [0.05, 0.1) is 0 Å². The Labute approximate surface area is 387 Å². The lowest BCUT2D eigenvalue weighted by molar-refractivity contribution is -0.168. The fraction of sp³-hybridized carbons (Fsp3) is 0.674. The number of nitrogens with zero attached hydrogens (tertiary/aromatic N) is 2. The molecule has 2 unspecified atom stereocenters. The molecule has 1 aromatic rings. The Balaban J connectivity index is 2.27. The number of hydrogen-bond acceptors (Lipinski definition) is 12. The molecule has 0 aromatic heterocycles. The van der Waals surface area contributed by atoms with E-state index in [9.17, 15) is 53.4 Å². The van der Waals surface area contributed by atoms with Crippen molar-refractivity contribution in [3.63, 3.8) is 0 Å². The van der Waals surface area contributed by atoms with Crippen molar-refractivity contribution in [1.82, 2.24) is 36.4 Å². The van der Waals surface area contributed by atoms with Crippen LogP contribution in [0.5, 0.6) is 5.75 Å². The molecule has 0 saturated carbocycles. The smallest absolute Gasteiger partial charge is 0.329 e. The number of nitrogens with two attached hydrogens (primary N) is 1. The van der Waals surface area contributed by atoms with E-state index in [0.29, 0.717) is 18.4 Å².